The molecule has 0 radical (unpaired) electrons. The maximum Gasteiger partial charge on any atom is 0.180 e. The third-order valence-corrected chi connectivity index (χ3v) is 3.18. The summed E-state index contributed by atoms with van der Waals surface area (Å²) >= 11 is 0. The largest absolute Gasteiger partial charge is 0.372 e. The third-order valence-electron chi connectivity index (χ3n) is 3.18. The van der Waals surface area contributed by atoms with Crippen molar-refractivity contribution < 1.29 is 0 Å². The summed E-state index contributed by atoms with van der Waals surface area (Å²) in [4.78, 5) is 8.85. The quantitative estimate of drug-likeness (QED) is 0.745. The fourth-order valence-electron chi connectivity index (χ4n) is 2.14. The van der Waals surface area contributed by atoms with Crippen molar-refractivity contribution in [1.82, 2.24) is 14.4 Å². The van der Waals surface area contributed by atoms with Crippen molar-refractivity contribution >= 4 is 17.3 Å². The van der Waals surface area contributed by atoms with Gasteiger partial charge in [-0.2, -0.15) is 0 Å². The van der Waals surface area contributed by atoms with Gasteiger partial charge in [-0.15, -0.1) is 0 Å². The molecule has 0 fully saturated rings. The number of nitrogens with zero attached hydrogens (tertiary/aromatic N) is 3. The molecule has 0 spiro atoms. The molecule has 0 atom stereocenters. The average Bonchev–Trinajstić information content (AvgIpc) is 2.96. The van der Waals surface area contributed by atoms with Gasteiger partial charge in [0.05, 0.1) is 6.20 Å². The van der Waals surface area contributed by atoms with E-state index in [2.05, 4.69) is 44.9 Å². The Bertz CT molecular complexity index is 690. The highest BCUT2D eigenvalue weighted by atomic mass is 15.1. The first-order valence-corrected chi connectivity index (χ1v) is 6.66. The van der Waals surface area contributed by atoms with E-state index in [1.165, 1.54) is 5.56 Å². The van der Waals surface area contributed by atoms with E-state index in [9.17, 15) is 0 Å². The van der Waals surface area contributed by atoms with Gasteiger partial charge in [0.25, 0.3) is 0 Å². The normalized spacial score (nSPS) is 10.7. The number of anilines is 2. The smallest absolute Gasteiger partial charge is 0.180 e. The molecular formula is C15H17N5. The number of imidazole rings is 1. The Hall–Kier alpha value is -2.56. The number of hydrogen-bond donors (Lipinski definition) is 2. The van der Waals surface area contributed by atoms with Crippen molar-refractivity contribution in [3.05, 3.63) is 54.5 Å². The SMILES string of the molecule is CNc1cn2ccnc2c(NCCc2ccccc2)n1. The molecule has 3 aromatic rings. The molecule has 0 saturated heterocycles. The van der Waals surface area contributed by atoms with E-state index in [4.69, 9.17) is 0 Å². The Balaban J connectivity index is 1.75. The molecule has 0 saturated carbocycles. The van der Waals surface area contributed by atoms with Gasteiger partial charge in [0.2, 0.25) is 0 Å². The predicted octanol–water partition coefficient (Wildman–Crippen LogP) is 2.43. The average molecular weight is 267 g/mol. The van der Waals surface area contributed by atoms with Crippen molar-refractivity contribution in [2.24, 2.45) is 0 Å². The first-order chi connectivity index (χ1) is 9.86. The summed E-state index contributed by atoms with van der Waals surface area (Å²) < 4.78 is 1.96. The second-order valence-electron chi connectivity index (χ2n) is 4.55. The summed E-state index contributed by atoms with van der Waals surface area (Å²) in [6, 6.07) is 10.4. The zero-order valence-corrected chi connectivity index (χ0v) is 11.4. The molecule has 0 aliphatic carbocycles. The first kappa shape index (κ1) is 12.5. The standard InChI is InChI=1S/C15H17N5/c1-16-13-11-20-10-9-18-15(20)14(19-13)17-8-7-12-5-3-2-4-6-12/h2-6,9-11,16H,7-8H2,1H3,(H,17,19). The third kappa shape index (κ3) is 2.56. The fraction of sp³-hybridized carbons (Fsp3) is 0.200. The Morgan fingerprint density at radius 1 is 1.20 bits per heavy atom. The van der Waals surface area contributed by atoms with Gasteiger partial charge in [-0.25, -0.2) is 9.97 Å². The Labute approximate surface area is 117 Å². The highest BCUT2D eigenvalue weighted by molar-refractivity contribution is 5.65. The maximum atomic E-state index is 4.52. The molecule has 5 nitrogen and oxygen atoms in total. The monoisotopic (exact) mass is 267 g/mol. The van der Waals surface area contributed by atoms with Crippen LogP contribution in [0.5, 0.6) is 0 Å². The van der Waals surface area contributed by atoms with E-state index in [1.807, 2.05) is 29.9 Å². The molecule has 0 aliphatic heterocycles. The summed E-state index contributed by atoms with van der Waals surface area (Å²) in [7, 11) is 1.86. The van der Waals surface area contributed by atoms with Gasteiger partial charge < -0.3 is 15.0 Å². The van der Waals surface area contributed by atoms with Crippen LogP contribution in [0.2, 0.25) is 0 Å². The molecule has 0 aliphatic rings. The van der Waals surface area contributed by atoms with Crippen molar-refractivity contribution in [3.8, 4) is 0 Å². The van der Waals surface area contributed by atoms with Crippen LogP contribution in [0.1, 0.15) is 5.56 Å². The number of nitrogens with one attached hydrogen (secondary N) is 2. The second-order valence-corrected chi connectivity index (χ2v) is 4.55. The zero-order chi connectivity index (χ0) is 13.8. The van der Waals surface area contributed by atoms with Crippen LogP contribution in [0.4, 0.5) is 11.6 Å². The van der Waals surface area contributed by atoms with Crippen LogP contribution in [0, 0.1) is 0 Å². The lowest BCUT2D eigenvalue weighted by Crippen LogP contribution is -2.09. The minimum absolute atomic E-state index is 0.804. The molecule has 0 bridgehead atoms. The minimum atomic E-state index is 0.804. The van der Waals surface area contributed by atoms with Gasteiger partial charge in [0, 0.05) is 26.0 Å². The van der Waals surface area contributed by atoms with E-state index in [-0.39, 0.29) is 0 Å². The Morgan fingerprint density at radius 2 is 2.05 bits per heavy atom. The van der Waals surface area contributed by atoms with Crippen LogP contribution >= 0.6 is 0 Å². The van der Waals surface area contributed by atoms with Crippen LogP contribution in [0.3, 0.4) is 0 Å². The molecule has 2 aromatic heterocycles. The van der Waals surface area contributed by atoms with Crippen LogP contribution in [-0.4, -0.2) is 28.0 Å². The number of aromatic nitrogens is 3. The summed E-state index contributed by atoms with van der Waals surface area (Å²) in [5, 5.41) is 6.42. The van der Waals surface area contributed by atoms with Gasteiger partial charge in [-0.3, -0.25) is 0 Å². The summed E-state index contributed by atoms with van der Waals surface area (Å²) in [6.07, 6.45) is 6.57. The van der Waals surface area contributed by atoms with E-state index in [1.54, 1.807) is 6.20 Å². The van der Waals surface area contributed by atoms with Crippen molar-refractivity contribution in [3.63, 3.8) is 0 Å². The second kappa shape index (κ2) is 5.61. The number of fused-ring (bicyclic) bond motifs is 1. The van der Waals surface area contributed by atoms with E-state index >= 15 is 0 Å². The van der Waals surface area contributed by atoms with Gasteiger partial charge >= 0.3 is 0 Å². The lowest BCUT2D eigenvalue weighted by atomic mass is 10.1. The number of hydrogen-bond acceptors (Lipinski definition) is 4. The van der Waals surface area contributed by atoms with Crippen LogP contribution in [-0.2, 0) is 6.42 Å². The topological polar surface area (TPSA) is 54.2 Å². The first-order valence-electron chi connectivity index (χ1n) is 6.66. The van der Waals surface area contributed by atoms with Gasteiger partial charge in [0.1, 0.15) is 5.82 Å². The van der Waals surface area contributed by atoms with Gasteiger partial charge in [-0.1, -0.05) is 30.3 Å². The molecule has 3 rings (SSSR count). The molecule has 102 valence electrons. The van der Waals surface area contributed by atoms with Crippen molar-refractivity contribution in [2.75, 3.05) is 24.2 Å². The summed E-state index contributed by atoms with van der Waals surface area (Å²) in [6.45, 7) is 0.826. The van der Waals surface area contributed by atoms with E-state index < -0.39 is 0 Å². The highest BCUT2D eigenvalue weighted by Crippen LogP contribution is 2.16. The maximum absolute atomic E-state index is 4.52. The molecule has 1 aromatic carbocycles. The zero-order valence-electron chi connectivity index (χ0n) is 11.4. The lowest BCUT2D eigenvalue weighted by Gasteiger charge is -2.09. The van der Waals surface area contributed by atoms with Crippen molar-refractivity contribution in [2.45, 2.75) is 6.42 Å². The van der Waals surface area contributed by atoms with Crippen LogP contribution in [0.25, 0.3) is 5.65 Å². The molecular weight excluding hydrogens is 250 g/mol. The highest BCUT2D eigenvalue weighted by Gasteiger charge is 2.06. The van der Waals surface area contributed by atoms with Gasteiger partial charge in [-0.05, 0) is 12.0 Å². The summed E-state index contributed by atoms with van der Waals surface area (Å²) in [5.74, 6) is 1.62. The van der Waals surface area contributed by atoms with E-state index in [0.29, 0.717) is 0 Å². The van der Waals surface area contributed by atoms with Crippen LogP contribution < -0.4 is 10.6 Å². The molecule has 0 unspecified atom stereocenters. The van der Waals surface area contributed by atoms with Crippen molar-refractivity contribution in [1.29, 1.82) is 0 Å². The Kier molecular flexibility index (Phi) is 3.50. The number of rotatable bonds is 5. The molecule has 2 heterocycles. The summed E-state index contributed by atoms with van der Waals surface area (Å²) in [5.41, 5.74) is 2.15. The molecule has 0 amide bonds. The van der Waals surface area contributed by atoms with Gasteiger partial charge in [0.15, 0.2) is 11.5 Å². The predicted molar refractivity (Wildman–Crippen MR) is 81.2 cm³/mol. The molecule has 5 heteroatoms. The fourth-order valence-corrected chi connectivity index (χ4v) is 2.14. The Morgan fingerprint density at radius 3 is 2.85 bits per heavy atom. The number of benzene rings is 1. The lowest BCUT2D eigenvalue weighted by molar-refractivity contribution is 0.998. The minimum Gasteiger partial charge on any atom is -0.372 e. The van der Waals surface area contributed by atoms with E-state index in [0.717, 1.165) is 30.2 Å². The van der Waals surface area contributed by atoms with Crippen LogP contribution in [0.15, 0.2) is 48.9 Å². The molecule has 20 heavy (non-hydrogen) atoms. The molecule has 2 N–H and O–H groups in total.